The van der Waals surface area contributed by atoms with Crippen LogP contribution >= 0.6 is 11.8 Å². The first-order chi connectivity index (χ1) is 13.3. The van der Waals surface area contributed by atoms with Crippen LogP contribution in [0.4, 0.5) is 11.4 Å². The molecular weight excluding hydrogens is 372 g/mol. The van der Waals surface area contributed by atoms with Crippen molar-refractivity contribution < 1.29 is 14.4 Å². The number of anilines is 2. The molecule has 0 bridgehead atoms. The molecule has 0 spiro atoms. The van der Waals surface area contributed by atoms with Gasteiger partial charge in [0, 0.05) is 12.1 Å². The third kappa shape index (κ3) is 4.62. The fourth-order valence-electron chi connectivity index (χ4n) is 3.01. The van der Waals surface area contributed by atoms with Gasteiger partial charge in [0.05, 0.1) is 16.7 Å². The predicted octanol–water partition coefficient (Wildman–Crippen LogP) is 3.99. The Morgan fingerprint density at radius 3 is 2.32 bits per heavy atom. The summed E-state index contributed by atoms with van der Waals surface area (Å²) < 4.78 is 0. The SMILES string of the molecule is CC(C)(C)c1ccc(NC(=O)CS[C@H]2CC(=O)N(c3ccccc3)C2=O)cc1. The Hall–Kier alpha value is -2.60. The monoisotopic (exact) mass is 396 g/mol. The summed E-state index contributed by atoms with van der Waals surface area (Å²) in [5.41, 5.74) is 2.54. The Kier molecular flexibility index (Phi) is 5.89. The second-order valence-electron chi connectivity index (χ2n) is 7.78. The number of nitrogens with zero attached hydrogens (tertiary/aromatic N) is 1. The van der Waals surface area contributed by atoms with Gasteiger partial charge in [-0.1, -0.05) is 51.1 Å². The highest BCUT2D eigenvalue weighted by Gasteiger charge is 2.39. The normalized spacial score (nSPS) is 17.1. The summed E-state index contributed by atoms with van der Waals surface area (Å²) in [5.74, 6) is -0.560. The number of thioether (sulfide) groups is 1. The Labute approximate surface area is 169 Å². The topological polar surface area (TPSA) is 66.5 Å². The maximum absolute atomic E-state index is 12.6. The molecule has 1 saturated heterocycles. The Balaban J connectivity index is 1.55. The van der Waals surface area contributed by atoms with Crippen LogP contribution in [-0.4, -0.2) is 28.7 Å². The van der Waals surface area contributed by atoms with E-state index in [1.807, 2.05) is 30.3 Å². The Bertz CT molecular complexity index is 873. The summed E-state index contributed by atoms with van der Waals surface area (Å²) >= 11 is 1.20. The molecule has 2 aromatic rings. The van der Waals surface area contributed by atoms with E-state index >= 15 is 0 Å². The van der Waals surface area contributed by atoms with Crippen LogP contribution in [0.25, 0.3) is 0 Å². The summed E-state index contributed by atoms with van der Waals surface area (Å²) in [5, 5.41) is 2.32. The maximum atomic E-state index is 12.6. The van der Waals surface area contributed by atoms with Crippen LogP contribution < -0.4 is 10.2 Å². The molecule has 1 N–H and O–H groups in total. The fourth-order valence-corrected chi connectivity index (χ4v) is 3.94. The van der Waals surface area contributed by atoms with Gasteiger partial charge in [0.2, 0.25) is 17.7 Å². The first-order valence-electron chi connectivity index (χ1n) is 9.19. The quantitative estimate of drug-likeness (QED) is 0.776. The lowest BCUT2D eigenvalue weighted by atomic mass is 9.87. The highest BCUT2D eigenvalue weighted by atomic mass is 32.2. The van der Waals surface area contributed by atoms with Gasteiger partial charge in [0.15, 0.2) is 0 Å². The number of benzene rings is 2. The number of hydrogen-bond acceptors (Lipinski definition) is 4. The van der Waals surface area contributed by atoms with Gasteiger partial charge in [-0.15, -0.1) is 11.8 Å². The van der Waals surface area contributed by atoms with Gasteiger partial charge in [-0.25, -0.2) is 4.90 Å². The Morgan fingerprint density at radius 1 is 1.07 bits per heavy atom. The maximum Gasteiger partial charge on any atom is 0.247 e. The molecule has 6 heteroatoms. The predicted molar refractivity (Wildman–Crippen MR) is 114 cm³/mol. The summed E-state index contributed by atoms with van der Waals surface area (Å²) in [7, 11) is 0. The molecule has 0 radical (unpaired) electrons. The van der Waals surface area contributed by atoms with Crippen molar-refractivity contribution in [2.45, 2.75) is 37.9 Å². The molecule has 1 atom stereocenters. The lowest BCUT2D eigenvalue weighted by molar-refractivity contribution is -0.121. The van der Waals surface area contributed by atoms with Crippen LogP contribution in [-0.2, 0) is 19.8 Å². The first kappa shape index (κ1) is 20.1. The van der Waals surface area contributed by atoms with E-state index in [9.17, 15) is 14.4 Å². The molecule has 1 aliphatic heterocycles. The van der Waals surface area contributed by atoms with E-state index in [1.54, 1.807) is 24.3 Å². The van der Waals surface area contributed by atoms with Gasteiger partial charge in [0.1, 0.15) is 0 Å². The first-order valence-corrected chi connectivity index (χ1v) is 10.2. The number of para-hydroxylation sites is 1. The number of hydrogen-bond donors (Lipinski definition) is 1. The largest absolute Gasteiger partial charge is 0.325 e. The van der Waals surface area contributed by atoms with Crippen molar-refractivity contribution in [1.29, 1.82) is 0 Å². The molecule has 146 valence electrons. The molecule has 1 heterocycles. The molecule has 3 rings (SSSR count). The average Bonchev–Trinajstić information content (AvgIpc) is 2.94. The zero-order valence-corrected chi connectivity index (χ0v) is 17.1. The second kappa shape index (κ2) is 8.19. The molecule has 1 aliphatic rings. The molecule has 0 unspecified atom stereocenters. The standard InChI is InChI=1S/C22H24N2O3S/c1-22(2,3)15-9-11-16(12-10-15)23-19(25)14-28-18-13-20(26)24(21(18)27)17-7-5-4-6-8-17/h4-12,18H,13-14H2,1-3H3,(H,23,25)/t18-/m0/s1. The molecule has 5 nitrogen and oxygen atoms in total. The van der Waals surface area contributed by atoms with Gasteiger partial charge >= 0.3 is 0 Å². The van der Waals surface area contributed by atoms with Crippen LogP contribution in [0.2, 0.25) is 0 Å². The number of nitrogens with one attached hydrogen (secondary N) is 1. The van der Waals surface area contributed by atoms with Crippen molar-refractivity contribution in [3.8, 4) is 0 Å². The van der Waals surface area contributed by atoms with Crippen molar-refractivity contribution in [1.82, 2.24) is 0 Å². The Morgan fingerprint density at radius 2 is 1.71 bits per heavy atom. The highest BCUT2D eigenvalue weighted by Crippen LogP contribution is 2.29. The van der Waals surface area contributed by atoms with E-state index in [1.165, 1.54) is 22.2 Å². The van der Waals surface area contributed by atoms with Crippen molar-refractivity contribution in [3.63, 3.8) is 0 Å². The van der Waals surface area contributed by atoms with Gasteiger partial charge in [0.25, 0.3) is 0 Å². The van der Waals surface area contributed by atoms with Crippen molar-refractivity contribution in [2.75, 3.05) is 16.0 Å². The lowest BCUT2D eigenvalue weighted by Gasteiger charge is -2.19. The summed E-state index contributed by atoms with van der Waals surface area (Å²) in [6.07, 6.45) is 0.117. The van der Waals surface area contributed by atoms with E-state index in [-0.39, 0.29) is 35.3 Å². The third-order valence-corrected chi connectivity index (χ3v) is 5.77. The number of carbonyl (C=O) groups excluding carboxylic acids is 3. The summed E-state index contributed by atoms with van der Waals surface area (Å²) in [4.78, 5) is 38.3. The van der Waals surface area contributed by atoms with Crippen LogP contribution in [0, 0.1) is 0 Å². The minimum atomic E-state index is -0.526. The minimum absolute atomic E-state index is 0.0540. The number of carbonyl (C=O) groups is 3. The molecule has 0 aromatic heterocycles. The van der Waals surface area contributed by atoms with Gasteiger partial charge < -0.3 is 5.32 Å². The van der Waals surface area contributed by atoms with E-state index in [2.05, 4.69) is 26.1 Å². The van der Waals surface area contributed by atoms with Crippen LogP contribution in [0.3, 0.4) is 0 Å². The molecule has 3 amide bonds. The summed E-state index contributed by atoms with van der Waals surface area (Å²) in [6.45, 7) is 6.40. The fraction of sp³-hybridized carbons (Fsp3) is 0.318. The average molecular weight is 397 g/mol. The van der Waals surface area contributed by atoms with Gasteiger partial charge in [-0.05, 0) is 35.2 Å². The van der Waals surface area contributed by atoms with Crippen LogP contribution in [0.1, 0.15) is 32.8 Å². The molecule has 1 fully saturated rings. The van der Waals surface area contributed by atoms with Gasteiger partial charge in [-0.2, -0.15) is 0 Å². The molecule has 28 heavy (non-hydrogen) atoms. The number of rotatable bonds is 5. The van der Waals surface area contributed by atoms with Crippen molar-refractivity contribution in [3.05, 3.63) is 60.2 Å². The molecule has 2 aromatic carbocycles. The zero-order chi connectivity index (χ0) is 20.3. The van der Waals surface area contributed by atoms with Crippen LogP contribution in [0.15, 0.2) is 54.6 Å². The highest BCUT2D eigenvalue weighted by molar-refractivity contribution is 8.01. The van der Waals surface area contributed by atoms with E-state index in [4.69, 9.17) is 0 Å². The van der Waals surface area contributed by atoms with E-state index < -0.39 is 5.25 Å². The smallest absolute Gasteiger partial charge is 0.247 e. The molecule has 0 saturated carbocycles. The van der Waals surface area contributed by atoms with E-state index in [0.29, 0.717) is 5.69 Å². The van der Waals surface area contributed by atoms with Gasteiger partial charge in [-0.3, -0.25) is 14.4 Å². The lowest BCUT2D eigenvalue weighted by Crippen LogP contribution is -2.31. The number of imide groups is 1. The molecular formula is C22H24N2O3S. The molecule has 0 aliphatic carbocycles. The second-order valence-corrected chi connectivity index (χ2v) is 8.97. The van der Waals surface area contributed by atoms with Crippen molar-refractivity contribution in [2.24, 2.45) is 0 Å². The van der Waals surface area contributed by atoms with Crippen molar-refractivity contribution >= 4 is 40.9 Å². The number of amides is 3. The zero-order valence-electron chi connectivity index (χ0n) is 16.3. The van der Waals surface area contributed by atoms with E-state index in [0.717, 1.165) is 5.69 Å². The summed E-state index contributed by atoms with van der Waals surface area (Å²) in [6, 6.07) is 16.6. The minimum Gasteiger partial charge on any atom is -0.325 e. The third-order valence-electron chi connectivity index (χ3n) is 4.57. The van der Waals surface area contributed by atoms with Crippen LogP contribution in [0.5, 0.6) is 0 Å².